The second-order valence-corrected chi connectivity index (χ2v) is 4.63. The molecule has 0 aliphatic carbocycles. The van der Waals surface area contributed by atoms with Crippen molar-refractivity contribution in [2.24, 2.45) is 0 Å². The van der Waals surface area contributed by atoms with Crippen LogP contribution in [0.1, 0.15) is 16.7 Å². The van der Waals surface area contributed by atoms with Crippen molar-refractivity contribution in [1.82, 2.24) is 4.90 Å². The van der Waals surface area contributed by atoms with E-state index in [1.807, 2.05) is 20.0 Å². The SMILES string of the molecule is COc1cc(C)c(CCN(C)CC(=O)O)cc1C. The number of hydrogen-bond acceptors (Lipinski definition) is 3. The highest BCUT2D eigenvalue weighted by atomic mass is 16.5. The van der Waals surface area contributed by atoms with Crippen molar-refractivity contribution in [2.45, 2.75) is 20.3 Å². The fourth-order valence-corrected chi connectivity index (χ4v) is 1.96. The summed E-state index contributed by atoms with van der Waals surface area (Å²) < 4.78 is 5.27. The molecule has 100 valence electrons. The van der Waals surface area contributed by atoms with Gasteiger partial charge < -0.3 is 9.84 Å². The normalized spacial score (nSPS) is 10.7. The lowest BCUT2D eigenvalue weighted by Crippen LogP contribution is -2.27. The topological polar surface area (TPSA) is 49.8 Å². The summed E-state index contributed by atoms with van der Waals surface area (Å²) in [4.78, 5) is 12.4. The predicted molar refractivity (Wildman–Crippen MR) is 71.3 cm³/mol. The first kappa shape index (κ1) is 14.5. The Hall–Kier alpha value is -1.55. The van der Waals surface area contributed by atoms with Crippen molar-refractivity contribution in [3.8, 4) is 5.75 Å². The van der Waals surface area contributed by atoms with Crippen molar-refractivity contribution in [3.05, 3.63) is 28.8 Å². The molecule has 1 rings (SSSR count). The summed E-state index contributed by atoms with van der Waals surface area (Å²) in [6.45, 7) is 4.88. The molecule has 0 bridgehead atoms. The van der Waals surface area contributed by atoms with Crippen LogP contribution in [0.2, 0.25) is 0 Å². The average Bonchev–Trinajstić information content (AvgIpc) is 2.28. The van der Waals surface area contributed by atoms with Gasteiger partial charge in [-0.2, -0.15) is 0 Å². The number of likely N-dealkylation sites (N-methyl/N-ethyl adjacent to an activating group) is 1. The maximum absolute atomic E-state index is 10.6. The van der Waals surface area contributed by atoms with Crippen LogP contribution in [0.15, 0.2) is 12.1 Å². The van der Waals surface area contributed by atoms with Crippen LogP contribution in [0.4, 0.5) is 0 Å². The molecule has 0 spiro atoms. The molecular weight excluding hydrogens is 230 g/mol. The van der Waals surface area contributed by atoms with Gasteiger partial charge in [-0.1, -0.05) is 6.07 Å². The summed E-state index contributed by atoms with van der Waals surface area (Å²) in [5, 5.41) is 8.69. The number of aryl methyl sites for hydroxylation is 2. The first-order valence-electron chi connectivity index (χ1n) is 5.98. The molecule has 0 saturated carbocycles. The Morgan fingerprint density at radius 3 is 2.56 bits per heavy atom. The first-order chi connectivity index (χ1) is 8.43. The molecule has 0 aromatic heterocycles. The van der Waals surface area contributed by atoms with Crippen LogP contribution >= 0.6 is 0 Å². The molecule has 0 radical (unpaired) electrons. The van der Waals surface area contributed by atoms with Crippen LogP contribution in [-0.4, -0.2) is 43.2 Å². The predicted octanol–water partition coefficient (Wildman–Crippen LogP) is 1.87. The quantitative estimate of drug-likeness (QED) is 0.838. The Morgan fingerprint density at radius 2 is 2.00 bits per heavy atom. The van der Waals surface area contributed by atoms with Gasteiger partial charge >= 0.3 is 5.97 Å². The minimum absolute atomic E-state index is 0.0776. The zero-order chi connectivity index (χ0) is 13.7. The summed E-state index contributed by atoms with van der Waals surface area (Å²) in [7, 11) is 3.49. The van der Waals surface area contributed by atoms with E-state index in [0.717, 1.165) is 24.3 Å². The first-order valence-corrected chi connectivity index (χ1v) is 5.98. The van der Waals surface area contributed by atoms with Gasteiger partial charge in [0.15, 0.2) is 0 Å². The van der Waals surface area contributed by atoms with Crippen molar-refractivity contribution >= 4 is 5.97 Å². The molecule has 4 nitrogen and oxygen atoms in total. The Balaban J connectivity index is 2.68. The molecule has 0 heterocycles. The average molecular weight is 251 g/mol. The van der Waals surface area contributed by atoms with E-state index in [1.54, 1.807) is 12.0 Å². The van der Waals surface area contributed by atoms with Crippen LogP contribution in [0.3, 0.4) is 0 Å². The van der Waals surface area contributed by atoms with E-state index in [-0.39, 0.29) is 6.54 Å². The maximum Gasteiger partial charge on any atom is 0.317 e. The Morgan fingerprint density at radius 1 is 1.33 bits per heavy atom. The third-order valence-electron chi connectivity index (χ3n) is 3.02. The van der Waals surface area contributed by atoms with E-state index in [4.69, 9.17) is 9.84 Å². The van der Waals surface area contributed by atoms with Gasteiger partial charge in [0.25, 0.3) is 0 Å². The summed E-state index contributed by atoms with van der Waals surface area (Å²) in [5.74, 6) is 0.107. The lowest BCUT2D eigenvalue weighted by atomic mass is 10.0. The number of nitrogens with zero attached hydrogens (tertiary/aromatic N) is 1. The highest BCUT2D eigenvalue weighted by molar-refractivity contribution is 5.69. The number of ether oxygens (including phenoxy) is 1. The number of carbonyl (C=O) groups is 1. The van der Waals surface area contributed by atoms with Crippen molar-refractivity contribution in [3.63, 3.8) is 0 Å². The fourth-order valence-electron chi connectivity index (χ4n) is 1.96. The van der Waals surface area contributed by atoms with Gasteiger partial charge in [0, 0.05) is 6.54 Å². The third-order valence-corrected chi connectivity index (χ3v) is 3.02. The molecule has 0 fully saturated rings. The standard InChI is InChI=1S/C14H21NO3/c1-10-8-13(18-4)11(2)7-12(10)5-6-15(3)9-14(16)17/h7-8H,5-6,9H2,1-4H3,(H,16,17). The van der Waals surface area contributed by atoms with Crippen LogP contribution in [0, 0.1) is 13.8 Å². The minimum atomic E-state index is -0.792. The zero-order valence-corrected chi connectivity index (χ0v) is 11.5. The van der Waals surface area contributed by atoms with E-state index in [1.165, 1.54) is 11.1 Å². The van der Waals surface area contributed by atoms with Crippen molar-refractivity contribution in [2.75, 3.05) is 27.2 Å². The molecule has 0 unspecified atom stereocenters. The molecule has 18 heavy (non-hydrogen) atoms. The smallest absolute Gasteiger partial charge is 0.317 e. The third kappa shape index (κ3) is 4.04. The lowest BCUT2D eigenvalue weighted by molar-refractivity contribution is -0.137. The zero-order valence-electron chi connectivity index (χ0n) is 11.5. The second kappa shape index (κ2) is 6.40. The van der Waals surface area contributed by atoms with Gasteiger partial charge in [0.2, 0.25) is 0 Å². The van der Waals surface area contributed by atoms with Crippen LogP contribution < -0.4 is 4.74 Å². The minimum Gasteiger partial charge on any atom is -0.496 e. The molecular formula is C14H21NO3. The van der Waals surface area contributed by atoms with Crippen LogP contribution in [0.5, 0.6) is 5.75 Å². The number of benzene rings is 1. The van der Waals surface area contributed by atoms with E-state index in [9.17, 15) is 4.79 Å². The van der Waals surface area contributed by atoms with E-state index >= 15 is 0 Å². The van der Waals surface area contributed by atoms with Gasteiger partial charge in [-0.25, -0.2) is 0 Å². The van der Waals surface area contributed by atoms with Gasteiger partial charge in [-0.05, 0) is 50.1 Å². The molecule has 1 N–H and O–H groups in total. The largest absolute Gasteiger partial charge is 0.496 e. The number of hydrogen-bond donors (Lipinski definition) is 1. The van der Waals surface area contributed by atoms with Gasteiger partial charge in [-0.3, -0.25) is 9.69 Å². The number of carboxylic acids is 1. The molecule has 0 saturated heterocycles. The maximum atomic E-state index is 10.6. The Bertz CT molecular complexity index is 429. The molecule has 0 aliphatic rings. The highest BCUT2D eigenvalue weighted by Crippen LogP contribution is 2.22. The second-order valence-electron chi connectivity index (χ2n) is 4.63. The summed E-state index contributed by atoms with van der Waals surface area (Å²) in [6, 6.07) is 4.14. The van der Waals surface area contributed by atoms with Gasteiger partial charge in [0.05, 0.1) is 13.7 Å². The number of methoxy groups -OCH3 is 1. The van der Waals surface area contributed by atoms with Crippen LogP contribution in [0.25, 0.3) is 0 Å². The van der Waals surface area contributed by atoms with Gasteiger partial charge in [-0.15, -0.1) is 0 Å². The fraction of sp³-hybridized carbons (Fsp3) is 0.500. The summed E-state index contributed by atoms with van der Waals surface area (Å²) >= 11 is 0. The molecule has 1 aromatic carbocycles. The number of carboxylic acid groups (broad SMARTS) is 1. The molecule has 0 atom stereocenters. The molecule has 0 aliphatic heterocycles. The van der Waals surface area contributed by atoms with Crippen molar-refractivity contribution in [1.29, 1.82) is 0 Å². The highest BCUT2D eigenvalue weighted by Gasteiger charge is 2.08. The van der Waals surface area contributed by atoms with E-state index < -0.39 is 5.97 Å². The van der Waals surface area contributed by atoms with Gasteiger partial charge in [0.1, 0.15) is 5.75 Å². The van der Waals surface area contributed by atoms with Crippen LogP contribution in [-0.2, 0) is 11.2 Å². The van der Waals surface area contributed by atoms with E-state index in [2.05, 4.69) is 13.0 Å². The Labute approximate surface area is 108 Å². The Kier molecular flexibility index (Phi) is 5.16. The molecule has 0 amide bonds. The number of rotatable bonds is 6. The molecule has 4 heteroatoms. The number of aliphatic carboxylic acids is 1. The summed E-state index contributed by atoms with van der Waals surface area (Å²) in [5.41, 5.74) is 3.53. The lowest BCUT2D eigenvalue weighted by Gasteiger charge is -2.16. The van der Waals surface area contributed by atoms with E-state index in [0.29, 0.717) is 0 Å². The summed E-state index contributed by atoms with van der Waals surface area (Å²) in [6.07, 6.45) is 0.848. The monoisotopic (exact) mass is 251 g/mol. The molecule has 1 aromatic rings. The van der Waals surface area contributed by atoms with Crippen molar-refractivity contribution < 1.29 is 14.6 Å².